The molecule has 2 N–H and O–H groups in total. The predicted octanol–water partition coefficient (Wildman–Crippen LogP) is 5.06. The fourth-order valence-electron chi connectivity index (χ4n) is 2.54. The summed E-state index contributed by atoms with van der Waals surface area (Å²) in [6, 6.07) is 10.3. The number of rotatable bonds is 7. The number of aromatic hydroxyl groups is 1. The molecule has 0 radical (unpaired) electrons. The number of halogens is 1. The quantitative estimate of drug-likeness (QED) is 0.525. The van der Waals surface area contributed by atoms with E-state index < -0.39 is 17.7 Å². The molecule has 8 heteroatoms. The molecule has 0 aromatic heterocycles. The van der Waals surface area contributed by atoms with Gasteiger partial charge in [-0.15, -0.1) is 0 Å². The molecule has 2 rings (SSSR count). The zero-order valence-electron chi connectivity index (χ0n) is 17.9. The molecule has 2 aromatic carbocycles. The number of ether oxygens (including phenoxy) is 3. The van der Waals surface area contributed by atoms with Crippen molar-refractivity contribution in [3.8, 4) is 11.5 Å². The maximum absolute atomic E-state index is 12.7. The fraction of sp³-hybridized carbons (Fsp3) is 0.304. The second-order valence-electron chi connectivity index (χ2n) is 7.60. The van der Waals surface area contributed by atoms with Gasteiger partial charge in [0.1, 0.15) is 29.3 Å². The third-order valence-corrected chi connectivity index (χ3v) is 4.43. The number of amides is 1. The molecule has 2 aromatic rings. The molecule has 0 unspecified atom stereocenters. The van der Waals surface area contributed by atoms with Gasteiger partial charge in [-0.05, 0) is 50.1 Å². The van der Waals surface area contributed by atoms with E-state index in [2.05, 4.69) is 21.2 Å². The maximum Gasteiger partial charge on any atom is 0.407 e. The van der Waals surface area contributed by atoms with Crippen molar-refractivity contribution in [3.63, 3.8) is 0 Å². The van der Waals surface area contributed by atoms with Crippen LogP contribution in [0, 0.1) is 0 Å². The highest BCUT2D eigenvalue weighted by Crippen LogP contribution is 2.30. The number of nitrogens with one attached hydrogen (secondary N) is 1. The summed E-state index contributed by atoms with van der Waals surface area (Å²) in [7, 11) is 1.46. The van der Waals surface area contributed by atoms with Crippen LogP contribution in [0.4, 0.5) is 4.79 Å². The summed E-state index contributed by atoms with van der Waals surface area (Å²) < 4.78 is 16.6. The van der Waals surface area contributed by atoms with E-state index in [0.717, 1.165) is 10.0 Å². The van der Waals surface area contributed by atoms with Gasteiger partial charge >= 0.3 is 12.1 Å². The van der Waals surface area contributed by atoms with Crippen molar-refractivity contribution in [2.45, 2.75) is 33.0 Å². The molecular weight excluding hydrogens is 466 g/mol. The molecule has 0 saturated heterocycles. The lowest BCUT2D eigenvalue weighted by molar-refractivity contribution is 0.0467. The lowest BCUT2D eigenvalue weighted by Gasteiger charge is -2.19. The molecule has 0 fully saturated rings. The van der Waals surface area contributed by atoms with E-state index in [1.54, 1.807) is 39.0 Å². The summed E-state index contributed by atoms with van der Waals surface area (Å²) in [5, 5.41) is 13.0. The zero-order valence-corrected chi connectivity index (χ0v) is 19.5. The lowest BCUT2D eigenvalue weighted by atomic mass is 10.0. The molecule has 166 valence electrons. The normalized spacial score (nSPS) is 11.3. The number of phenolic OH excluding ortho intramolecular Hbond substituents is 1. The van der Waals surface area contributed by atoms with E-state index in [0.29, 0.717) is 11.3 Å². The third-order valence-electron chi connectivity index (χ3n) is 3.91. The summed E-state index contributed by atoms with van der Waals surface area (Å²) in [4.78, 5) is 24.4. The minimum Gasteiger partial charge on any atom is -0.507 e. The third kappa shape index (κ3) is 7.97. The Morgan fingerprint density at radius 2 is 1.84 bits per heavy atom. The Balaban J connectivity index is 2.12. The molecule has 0 heterocycles. The Morgan fingerprint density at radius 3 is 2.45 bits per heavy atom. The smallest absolute Gasteiger partial charge is 0.407 e. The van der Waals surface area contributed by atoms with Gasteiger partial charge in [-0.3, -0.25) is 0 Å². The van der Waals surface area contributed by atoms with E-state index in [9.17, 15) is 14.7 Å². The Labute approximate surface area is 190 Å². The number of carbonyl (C=O) groups is 2. The number of esters is 1. The van der Waals surface area contributed by atoms with Crippen LogP contribution < -0.4 is 10.1 Å². The van der Waals surface area contributed by atoms with E-state index in [-0.39, 0.29) is 24.5 Å². The number of hydrogen-bond acceptors (Lipinski definition) is 6. The monoisotopic (exact) mass is 491 g/mol. The van der Waals surface area contributed by atoms with Crippen LogP contribution >= 0.6 is 15.9 Å². The zero-order chi connectivity index (χ0) is 23.0. The van der Waals surface area contributed by atoms with E-state index >= 15 is 0 Å². The van der Waals surface area contributed by atoms with Crippen molar-refractivity contribution < 1.29 is 28.9 Å². The summed E-state index contributed by atoms with van der Waals surface area (Å²) in [5.41, 5.74) is 0.608. The van der Waals surface area contributed by atoms with Crippen LogP contribution in [-0.2, 0) is 16.1 Å². The number of benzene rings is 2. The Bertz CT molecular complexity index is 948. The van der Waals surface area contributed by atoms with Gasteiger partial charge in [0, 0.05) is 17.1 Å². The highest BCUT2D eigenvalue weighted by molar-refractivity contribution is 9.10. The summed E-state index contributed by atoms with van der Waals surface area (Å²) >= 11 is 3.35. The van der Waals surface area contributed by atoms with Gasteiger partial charge in [0.25, 0.3) is 0 Å². The lowest BCUT2D eigenvalue weighted by Crippen LogP contribution is -2.32. The van der Waals surface area contributed by atoms with E-state index in [1.165, 1.54) is 13.2 Å². The Kier molecular flexibility index (Phi) is 8.50. The van der Waals surface area contributed by atoms with Crippen molar-refractivity contribution in [2.24, 2.45) is 0 Å². The average Bonchev–Trinajstić information content (AvgIpc) is 2.69. The molecule has 0 saturated carbocycles. The number of alkyl carbamates (subject to hydrolysis) is 1. The van der Waals surface area contributed by atoms with Crippen LogP contribution in [0.2, 0.25) is 0 Å². The average molecular weight is 492 g/mol. The Morgan fingerprint density at radius 1 is 1.16 bits per heavy atom. The van der Waals surface area contributed by atoms with Gasteiger partial charge in [0.15, 0.2) is 0 Å². The minimum atomic E-state index is -0.678. The first kappa shape index (κ1) is 24.3. The highest BCUT2D eigenvalue weighted by Gasteiger charge is 2.19. The van der Waals surface area contributed by atoms with Gasteiger partial charge in [-0.2, -0.15) is 0 Å². The minimum absolute atomic E-state index is 0.00595. The molecule has 0 spiro atoms. The van der Waals surface area contributed by atoms with Crippen LogP contribution in [0.1, 0.15) is 42.3 Å². The standard InChI is InChI=1S/C23H26BrNO6/c1-23(2,3)31-22(28)25-11-5-6-16-12-18(29-4)13-19(26)20(16)21(27)30-14-15-7-9-17(24)10-8-15/h5-10,12-13,26H,11,14H2,1-4H3,(H,25,28)/b6-5+. The summed E-state index contributed by atoms with van der Waals surface area (Å²) in [6.45, 7) is 5.54. The second kappa shape index (κ2) is 10.9. The number of carbonyl (C=O) groups excluding carboxylic acids is 2. The Hall–Kier alpha value is -3.00. The summed E-state index contributed by atoms with van der Waals surface area (Å²) in [6.07, 6.45) is 2.67. The van der Waals surface area contributed by atoms with Crippen molar-refractivity contribution in [1.82, 2.24) is 5.32 Å². The SMILES string of the molecule is COc1cc(O)c(C(=O)OCc2ccc(Br)cc2)c(/C=C/CNC(=O)OC(C)(C)C)c1. The molecule has 0 atom stereocenters. The van der Waals surface area contributed by atoms with E-state index in [4.69, 9.17) is 14.2 Å². The fourth-order valence-corrected chi connectivity index (χ4v) is 2.80. The van der Waals surface area contributed by atoms with Crippen molar-refractivity contribution in [3.05, 3.63) is 63.6 Å². The first-order valence-corrected chi connectivity index (χ1v) is 10.3. The summed E-state index contributed by atoms with van der Waals surface area (Å²) in [5.74, 6) is -0.565. The molecule has 7 nitrogen and oxygen atoms in total. The van der Waals surface area contributed by atoms with Gasteiger partial charge in [-0.1, -0.05) is 40.2 Å². The molecule has 0 aliphatic carbocycles. The van der Waals surface area contributed by atoms with Gasteiger partial charge < -0.3 is 24.6 Å². The molecular formula is C23H26BrNO6. The highest BCUT2D eigenvalue weighted by atomic mass is 79.9. The number of phenols is 1. The van der Waals surface area contributed by atoms with Crippen LogP contribution in [0.25, 0.3) is 6.08 Å². The molecule has 0 aliphatic rings. The molecule has 1 amide bonds. The topological polar surface area (TPSA) is 94.1 Å². The van der Waals surface area contributed by atoms with Crippen LogP contribution in [0.5, 0.6) is 11.5 Å². The van der Waals surface area contributed by atoms with Gasteiger partial charge in [-0.25, -0.2) is 9.59 Å². The van der Waals surface area contributed by atoms with Crippen LogP contribution in [0.3, 0.4) is 0 Å². The van der Waals surface area contributed by atoms with Crippen LogP contribution in [-0.4, -0.2) is 36.4 Å². The van der Waals surface area contributed by atoms with Crippen molar-refractivity contribution in [2.75, 3.05) is 13.7 Å². The van der Waals surface area contributed by atoms with E-state index in [1.807, 2.05) is 24.3 Å². The molecule has 31 heavy (non-hydrogen) atoms. The first-order chi connectivity index (χ1) is 14.6. The van der Waals surface area contributed by atoms with Crippen molar-refractivity contribution in [1.29, 1.82) is 0 Å². The maximum atomic E-state index is 12.7. The molecule has 0 bridgehead atoms. The largest absolute Gasteiger partial charge is 0.507 e. The van der Waals surface area contributed by atoms with Crippen LogP contribution in [0.15, 0.2) is 46.9 Å². The number of methoxy groups -OCH3 is 1. The second-order valence-corrected chi connectivity index (χ2v) is 8.51. The van der Waals surface area contributed by atoms with Gasteiger partial charge in [0.05, 0.1) is 7.11 Å². The number of hydrogen-bond donors (Lipinski definition) is 2. The van der Waals surface area contributed by atoms with Crippen molar-refractivity contribution >= 4 is 34.1 Å². The first-order valence-electron chi connectivity index (χ1n) is 9.55. The van der Waals surface area contributed by atoms with Gasteiger partial charge in [0.2, 0.25) is 0 Å². The molecule has 0 aliphatic heterocycles. The predicted molar refractivity (Wildman–Crippen MR) is 121 cm³/mol.